The minimum atomic E-state index is -0.0939. The van der Waals surface area contributed by atoms with Crippen LogP contribution in [-0.4, -0.2) is 33.0 Å². The summed E-state index contributed by atoms with van der Waals surface area (Å²) in [5.41, 5.74) is 1.87. The predicted octanol–water partition coefficient (Wildman–Crippen LogP) is 5.82. The number of anilines is 1. The Morgan fingerprint density at radius 3 is 2.84 bits per heavy atom. The number of allylic oxidation sites excluding steroid dienone is 1. The summed E-state index contributed by atoms with van der Waals surface area (Å²) in [4.78, 5) is 12.3. The van der Waals surface area contributed by atoms with Gasteiger partial charge in [0.1, 0.15) is 11.6 Å². The Morgan fingerprint density at radius 2 is 2.09 bits per heavy atom. The Labute approximate surface area is 202 Å². The van der Waals surface area contributed by atoms with Crippen LogP contribution in [0.25, 0.3) is 0 Å². The molecular formula is C23H24Cl2N4O2S. The fraction of sp³-hybridized carbons (Fsp3) is 0.261. The Hall–Kier alpha value is -2.48. The first-order valence-electron chi connectivity index (χ1n) is 10.1. The van der Waals surface area contributed by atoms with Crippen LogP contribution >= 0.6 is 35.0 Å². The lowest BCUT2D eigenvalue weighted by molar-refractivity contribution is -0.113. The molecule has 1 N–H and O–H groups in total. The number of carbonyl (C=O) groups excluding carboxylic acids is 1. The van der Waals surface area contributed by atoms with E-state index in [1.165, 1.54) is 11.8 Å². The molecule has 1 aromatic heterocycles. The molecule has 3 rings (SSSR count). The van der Waals surface area contributed by atoms with Crippen molar-refractivity contribution in [3.8, 4) is 5.75 Å². The normalized spacial score (nSPS) is 10.7. The number of halogens is 2. The molecule has 168 valence electrons. The molecule has 0 spiro atoms. The highest BCUT2D eigenvalue weighted by molar-refractivity contribution is 7.99. The van der Waals surface area contributed by atoms with Gasteiger partial charge in [-0.25, -0.2) is 0 Å². The van der Waals surface area contributed by atoms with E-state index in [4.69, 9.17) is 27.9 Å². The van der Waals surface area contributed by atoms with Crippen molar-refractivity contribution in [3.05, 3.63) is 76.6 Å². The smallest absolute Gasteiger partial charge is 0.234 e. The third kappa shape index (κ3) is 7.02. The molecule has 9 heteroatoms. The summed E-state index contributed by atoms with van der Waals surface area (Å²) in [6.07, 6.45) is 3.18. The number of ether oxygens (including phenoxy) is 1. The molecule has 0 fully saturated rings. The average Bonchev–Trinajstić information content (AvgIpc) is 3.13. The van der Waals surface area contributed by atoms with Crippen molar-refractivity contribution < 1.29 is 9.53 Å². The van der Waals surface area contributed by atoms with Crippen molar-refractivity contribution in [2.24, 2.45) is 0 Å². The van der Waals surface area contributed by atoms with Gasteiger partial charge in [0.15, 0.2) is 5.16 Å². The number of amides is 1. The van der Waals surface area contributed by atoms with E-state index in [1.54, 1.807) is 24.3 Å². The maximum Gasteiger partial charge on any atom is 0.234 e. The number of rotatable bonds is 11. The van der Waals surface area contributed by atoms with Crippen LogP contribution in [0, 0.1) is 6.92 Å². The third-order valence-corrected chi connectivity index (χ3v) is 5.93. The topological polar surface area (TPSA) is 69.0 Å². The largest absolute Gasteiger partial charge is 0.492 e. The molecule has 0 aliphatic carbocycles. The standard InChI is InChI=1S/C23H24Cl2N4O2S/c1-3-11-29-21(8-5-12-31-20-10-9-17(24)14-19(20)25)27-28-23(29)32-15-22(30)26-18-7-4-6-16(2)13-18/h3-4,6-7,9-10,13-14H,1,5,8,11-12,15H2,2H3,(H,26,30). The molecule has 6 nitrogen and oxygen atoms in total. The predicted molar refractivity (Wildman–Crippen MR) is 131 cm³/mol. The Balaban J connectivity index is 1.52. The molecule has 0 aliphatic rings. The van der Waals surface area contributed by atoms with Crippen LogP contribution in [0.5, 0.6) is 5.75 Å². The lowest BCUT2D eigenvalue weighted by Gasteiger charge is -2.10. The van der Waals surface area contributed by atoms with Gasteiger partial charge in [0.25, 0.3) is 0 Å². The zero-order valence-electron chi connectivity index (χ0n) is 17.7. The molecule has 32 heavy (non-hydrogen) atoms. The van der Waals surface area contributed by atoms with E-state index in [0.717, 1.165) is 23.5 Å². The van der Waals surface area contributed by atoms with Crippen LogP contribution in [0.3, 0.4) is 0 Å². The fourth-order valence-electron chi connectivity index (χ4n) is 2.98. The molecule has 0 unspecified atom stereocenters. The maximum absolute atomic E-state index is 12.3. The van der Waals surface area contributed by atoms with E-state index in [9.17, 15) is 4.79 Å². The van der Waals surface area contributed by atoms with E-state index < -0.39 is 0 Å². The Morgan fingerprint density at radius 1 is 1.25 bits per heavy atom. The highest BCUT2D eigenvalue weighted by atomic mass is 35.5. The lowest BCUT2D eigenvalue weighted by Crippen LogP contribution is -2.15. The number of hydrogen-bond donors (Lipinski definition) is 1. The Bertz CT molecular complexity index is 1090. The van der Waals surface area contributed by atoms with Crippen molar-refractivity contribution in [1.82, 2.24) is 14.8 Å². The van der Waals surface area contributed by atoms with Crippen molar-refractivity contribution >= 4 is 46.6 Å². The van der Waals surface area contributed by atoms with Crippen molar-refractivity contribution in [2.75, 3.05) is 17.7 Å². The summed E-state index contributed by atoms with van der Waals surface area (Å²) < 4.78 is 7.70. The number of aromatic nitrogens is 3. The van der Waals surface area contributed by atoms with Gasteiger partial charge in [-0.15, -0.1) is 16.8 Å². The number of aryl methyl sites for hydroxylation is 2. The minimum absolute atomic E-state index is 0.0939. The van der Waals surface area contributed by atoms with Gasteiger partial charge in [0, 0.05) is 23.7 Å². The lowest BCUT2D eigenvalue weighted by atomic mass is 10.2. The minimum Gasteiger partial charge on any atom is -0.492 e. The summed E-state index contributed by atoms with van der Waals surface area (Å²) >= 11 is 13.4. The second-order valence-corrected chi connectivity index (χ2v) is 8.82. The number of nitrogens with zero attached hydrogens (tertiary/aromatic N) is 3. The van der Waals surface area contributed by atoms with E-state index in [2.05, 4.69) is 22.1 Å². The molecule has 0 aliphatic heterocycles. The summed E-state index contributed by atoms with van der Waals surface area (Å²) in [6, 6.07) is 12.8. The fourth-order valence-corrected chi connectivity index (χ4v) is 4.21. The zero-order chi connectivity index (χ0) is 22.9. The van der Waals surface area contributed by atoms with Gasteiger partial charge >= 0.3 is 0 Å². The molecule has 3 aromatic rings. The second-order valence-electron chi connectivity index (χ2n) is 7.03. The quantitative estimate of drug-likeness (QED) is 0.208. The molecule has 2 aromatic carbocycles. The van der Waals surface area contributed by atoms with E-state index >= 15 is 0 Å². The number of thioether (sulfide) groups is 1. The van der Waals surface area contributed by atoms with Crippen LogP contribution in [0.4, 0.5) is 5.69 Å². The van der Waals surface area contributed by atoms with Crippen LogP contribution in [0.2, 0.25) is 10.0 Å². The van der Waals surface area contributed by atoms with Gasteiger partial charge in [0.2, 0.25) is 5.91 Å². The van der Waals surface area contributed by atoms with Crippen LogP contribution in [0.15, 0.2) is 60.3 Å². The van der Waals surface area contributed by atoms with E-state index in [1.807, 2.05) is 35.8 Å². The summed E-state index contributed by atoms with van der Waals surface area (Å²) in [5.74, 6) is 1.56. The summed E-state index contributed by atoms with van der Waals surface area (Å²) in [5, 5.41) is 13.2. The molecule has 0 saturated carbocycles. The summed E-state index contributed by atoms with van der Waals surface area (Å²) in [7, 11) is 0. The van der Waals surface area contributed by atoms with Gasteiger partial charge in [-0.05, 0) is 49.2 Å². The van der Waals surface area contributed by atoms with Gasteiger partial charge in [0.05, 0.1) is 17.4 Å². The zero-order valence-corrected chi connectivity index (χ0v) is 20.0. The monoisotopic (exact) mass is 490 g/mol. The van der Waals surface area contributed by atoms with Gasteiger partial charge in [-0.2, -0.15) is 0 Å². The number of benzene rings is 2. The van der Waals surface area contributed by atoms with Gasteiger partial charge in [-0.1, -0.05) is 53.2 Å². The van der Waals surface area contributed by atoms with Gasteiger partial charge < -0.3 is 14.6 Å². The van der Waals surface area contributed by atoms with Crippen LogP contribution in [0.1, 0.15) is 17.8 Å². The molecule has 0 radical (unpaired) electrons. The average molecular weight is 491 g/mol. The van der Waals surface area contributed by atoms with E-state index in [-0.39, 0.29) is 11.7 Å². The molecule has 1 amide bonds. The first-order chi connectivity index (χ1) is 15.5. The van der Waals surface area contributed by atoms with Crippen molar-refractivity contribution in [2.45, 2.75) is 31.5 Å². The third-order valence-electron chi connectivity index (χ3n) is 4.44. The second kappa shape index (κ2) is 11.9. The first kappa shape index (κ1) is 24.2. The van der Waals surface area contributed by atoms with E-state index in [0.29, 0.717) is 40.5 Å². The van der Waals surface area contributed by atoms with Crippen LogP contribution < -0.4 is 10.1 Å². The molecule has 1 heterocycles. The van der Waals surface area contributed by atoms with Crippen molar-refractivity contribution in [1.29, 1.82) is 0 Å². The number of carbonyl (C=O) groups is 1. The molecule has 0 saturated heterocycles. The molecule has 0 bridgehead atoms. The van der Waals surface area contributed by atoms with Gasteiger partial charge in [-0.3, -0.25) is 4.79 Å². The Kier molecular flexibility index (Phi) is 9.02. The highest BCUT2D eigenvalue weighted by Gasteiger charge is 2.14. The van der Waals surface area contributed by atoms with Crippen LogP contribution in [-0.2, 0) is 17.8 Å². The van der Waals surface area contributed by atoms with Crippen molar-refractivity contribution in [3.63, 3.8) is 0 Å². The SMILES string of the molecule is C=CCn1c(CCCOc2ccc(Cl)cc2Cl)nnc1SCC(=O)Nc1cccc(C)c1. The number of hydrogen-bond acceptors (Lipinski definition) is 5. The molecule has 0 atom stereocenters. The summed E-state index contributed by atoms with van der Waals surface area (Å²) in [6.45, 7) is 6.84. The maximum atomic E-state index is 12.3. The number of nitrogens with one attached hydrogen (secondary N) is 1. The first-order valence-corrected chi connectivity index (χ1v) is 11.8. The highest BCUT2D eigenvalue weighted by Crippen LogP contribution is 2.27. The molecular weight excluding hydrogens is 467 g/mol.